The van der Waals surface area contributed by atoms with Crippen LogP contribution in [0.1, 0.15) is 11.6 Å². The summed E-state index contributed by atoms with van der Waals surface area (Å²) < 4.78 is 0. The van der Waals surface area contributed by atoms with E-state index in [9.17, 15) is 0 Å². The maximum atomic E-state index is 4.02. The first-order valence-electron chi connectivity index (χ1n) is 3.28. The molecule has 0 aliphatic carbocycles. The molecule has 0 atom stereocenters. The van der Waals surface area contributed by atoms with Crippen molar-refractivity contribution in [2.45, 2.75) is 0 Å². The molecule has 0 aromatic carbocycles. The molecular weight excluding hydrogens is 140 g/mol. The van der Waals surface area contributed by atoms with Crippen LogP contribution in [0.2, 0.25) is 0 Å². The van der Waals surface area contributed by atoms with Crippen molar-refractivity contribution in [1.82, 2.24) is 19.9 Å². The normalized spacial score (nSPS) is 10.2. The molecule has 4 heteroatoms. The standard InChI is InChI=1S/C7H7N4/c1-2-9-6(8-1)5-7-10-3-4-11-7/h1-5H,(H,8,9)(H,10,11). The predicted octanol–water partition coefficient (Wildman–Crippen LogP) is 0.733. The number of hydrogen-bond donors (Lipinski definition) is 2. The third-order valence-corrected chi connectivity index (χ3v) is 1.31. The van der Waals surface area contributed by atoms with Crippen molar-refractivity contribution in [2.24, 2.45) is 0 Å². The highest BCUT2D eigenvalue weighted by molar-refractivity contribution is 5.15. The van der Waals surface area contributed by atoms with Crippen LogP contribution in [0.15, 0.2) is 24.8 Å². The summed E-state index contributed by atoms with van der Waals surface area (Å²) in [7, 11) is 0. The Morgan fingerprint density at radius 2 is 1.55 bits per heavy atom. The number of nitrogens with zero attached hydrogens (tertiary/aromatic N) is 2. The zero-order valence-corrected chi connectivity index (χ0v) is 5.78. The summed E-state index contributed by atoms with van der Waals surface area (Å²) in [6.07, 6.45) is 8.78. The molecule has 0 aliphatic rings. The minimum absolute atomic E-state index is 0.806. The molecule has 0 unspecified atom stereocenters. The highest BCUT2D eigenvalue weighted by Gasteiger charge is 1.98. The second-order valence-electron chi connectivity index (χ2n) is 2.09. The first-order valence-corrected chi connectivity index (χ1v) is 3.28. The van der Waals surface area contributed by atoms with Crippen molar-refractivity contribution < 1.29 is 0 Å². The van der Waals surface area contributed by atoms with Gasteiger partial charge in [0.2, 0.25) is 0 Å². The van der Waals surface area contributed by atoms with Gasteiger partial charge in [-0.2, -0.15) is 0 Å². The largest absolute Gasteiger partial charge is 0.348 e. The Labute approximate surface area is 63.7 Å². The molecule has 55 valence electrons. The smallest absolute Gasteiger partial charge is 0.117 e. The van der Waals surface area contributed by atoms with Crippen molar-refractivity contribution in [3.05, 3.63) is 42.9 Å². The van der Waals surface area contributed by atoms with Crippen LogP contribution in [0.25, 0.3) is 0 Å². The first kappa shape index (κ1) is 6.15. The van der Waals surface area contributed by atoms with Crippen LogP contribution in [-0.2, 0) is 0 Å². The molecule has 2 aromatic heterocycles. The highest BCUT2D eigenvalue weighted by atomic mass is 14.9. The van der Waals surface area contributed by atoms with E-state index in [-0.39, 0.29) is 0 Å². The Kier molecular flexibility index (Phi) is 1.44. The molecule has 0 amide bonds. The van der Waals surface area contributed by atoms with Gasteiger partial charge in [-0.3, -0.25) is 0 Å². The second-order valence-corrected chi connectivity index (χ2v) is 2.09. The predicted molar refractivity (Wildman–Crippen MR) is 39.7 cm³/mol. The van der Waals surface area contributed by atoms with Gasteiger partial charge >= 0.3 is 0 Å². The molecule has 4 nitrogen and oxygen atoms in total. The van der Waals surface area contributed by atoms with E-state index in [1.807, 2.05) is 6.42 Å². The summed E-state index contributed by atoms with van der Waals surface area (Å²) in [4.78, 5) is 13.9. The Balaban J connectivity index is 2.14. The monoisotopic (exact) mass is 147 g/mol. The lowest BCUT2D eigenvalue weighted by molar-refractivity contribution is 1.09. The second kappa shape index (κ2) is 2.57. The summed E-state index contributed by atoms with van der Waals surface area (Å²) in [5.74, 6) is 1.61. The molecule has 0 saturated carbocycles. The van der Waals surface area contributed by atoms with Gasteiger partial charge in [0.25, 0.3) is 0 Å². The van der Waals surface area contributed by atoms with Crippen molar-refractivity contribution in [1.29, 1.82) is 0 Å². The summed E-state index contributed by atoms with van der Waals surface area (Å²) in [6.45, 7) is 0. The van der Waals surface area contributed by atoms with Gasteiger partial charge in [0.15, 0.2) is 0 Å². The van der Waals surface area contributed by atoms with Gasteiger partial charge in [0.1, 0.15) is 11.6 Å². The van der Waals surface area contributed by atoms with E-state index in [0.29, 0.717) is 0 Å². The van der Waals surface area contributed by atoms with Crippen LogP contribution in [0.5, 0.6) is 0 Å². The zero-order valence-electron chi connectivity index (χ0n) is 5.78. The van der Waals surface area contributed by atoms with Crippen molar-refractivity contribution in [3.63, 3.8) is 0 Å². The summed E-state index contributed by atoms with van der Waals surface area (Å²) >= 11 is 0. The average molecular weight is 147 g/mol. The van der Waals surface area contributed by atoms with Crippen LogP contribution in [-0.4, -0.2) is 19.9 Å². The van der Waals surface area contributed by atoms with E-state index in [1.54, 1.807) is 24.8 Å². The SMILES string of the molecule is [CH](c1ncc[nH]1)c1ncc[nH]1. The number of imidazole rings is 2. The van der Waals surface area contributed by atoms with Gasteiger partial charge in [-0.05, 0) is 0 Å². The molecule has 2 heterocycles. The van der Waals surface area contributed by atoms with Crippen molar-refractivity contribution in [2.75, 3.05) is 0 Å². The fraction of sp³-hybridized carbons (Fsp3) is 0. The summed E-state index contributed by atoms with van der Waals surface area (Å²) in [5, 5.41) is 0. The first-order chi connectivity index (χ1) is 5.45. The maximum Gasteiger partial charge on any atom is 0.117 e. The molecule has 0 saturated heterocycles. The fourth-order valence-electron chi connectivity index (χ4n) is 0.842. The van der Waals surface area contributed by atoms with Crippen molar-refractivity contribution >= 4 is 0 Å². The lowest BCUT2D eigenvalue weighted by Gasteiger charge is -1.88. The van der Waals surface area contributed by atoms with Crippen LogP contribution in [0.4, 0.5) is 0 Å². The summed E-state index contributed by atoms with van der Waals surface area (Å²) in [6, 6.07) is 0. The number of rotatable bonds is 2. The molecule has 2 N–H and O–H groups in total. The van der Waals surface area contributed by atoms with Crippen molar-refractivity contribution in [3.8, 4) is 0 Å². The Hall–Kier alpha value is -1.58. The van der Waals surface area contributed by atoms with Crippen LogP contribution >= 0.6 is 0 Å². The number of aromatic nitrogens is 4. The molecule has 0 spiro atoms. The zero-order chi connectivity index (χ0) is 7.52. The topological polar surface area (TPSA) is 57.4 Å². The molecule has 1 radical (unpaired) electrons. The maximum absolute atomic E-state index is 4.02. The quantitative estimate of drug-likeness (QED) is 0.658. The molecule has 2 aromatic rings. The van der Waals surface area contributed by atoms with E-state index in [1.165, 1.54) is 0 Å². The minimum atomic E-state index is 0.806. The van der Waals surface area contributed by atoms with Gasteiger partial charge in [-0.1, -0.05) is 0 Å². The fourth-order valence-corrected chi connectivity index (χ4v) is 0.842. The van der Waals surface area contributed by atoms with Crippen LogP contribution < -0.4 is 0 Å². The minimum Gasteiger partial charge on any atom is -0.348 e. The Morgan fingerprint density at radius 3 is 1.91 bits per heavy atom. The highest BCUT2D eigenvalue weighted by Crippen LogP contribution is 2.00. The van der Waals surface area contributed by atoms with E-state index < -0.39 is 0 Å². The van der Waals surface area contributed by atoms with Gasteiger partial charge in [-0.15, -0.1) is 0 Å². The van der Waals surface area contributed by atoms with E-state index in [2.05, 4.69) is 19.9 Å². The van der Waals surface area contributed by atoms with E-state index >= 15 is 0 Å². The Bertz CT molecular complexity index is 263. The van der Waals surface area contributed by atoms with Gasteiger partial charge in [0.05, 0.1) is 6.42 Å². The number of H-pyrrole nitrogens is 2. The molecule has 11 heavy (non-hydrogen) atoms. The molecule has 0 fully saturated rings. The van der Waals surface area contributed by atoms with Gasteiger partial charge in [-0.25, -0.2) is 9.97 Å². The summed E-state index contributed by atoms with van der Waals surface area (Å²) in [5.41, 5.74) is 0. The number of nitrogens with one attached hydrogen (secondary N) is 2. The van der Waals surface area contributed by atoms with E-state index in [0.717, 1.165) is 11.6 Å². The third-order valence-electron chi connectivity index (χ3n) is 1.31. The van der Waals surface area contributed by atoms with Gasteiger partial charge in [0, 0.05) is 24.8 Å². The number of aromatic amines is 2. The van der Waals surface area contributed by atoms with Crippen LogP contribution in [0, 0.1) is 6.42 Å². The van der Waals surface area contributed by atoms with E-state index in [4.69, 9.17) is 0 Å². The molecule has 0 aliphatic heterocycles. The lowest BCUT2D eigenvalue weighted by atomic mass is 10.4. The molecular formula is C7H7N4. The molecule has 0 bridgehead atoms. The Morgan fingerprint density at radius 1 is 1.00 bits per heavy atom. The average Bonchev–Trinajstić information content (AvgIpc) is 2.60. The van der Waals surface area contributed by atoms with Crippen LogP contribution in [0.3, 0.4) is 0 Å². The van der Waals surface area contributed by atoms with Gasteiger partial charge < -0.3 is 9.97 Å². The third kappa shape index (κ3) is 1.29. The number of hydrogen-bond acceptors (Lipinski definition) is 2. The lowest BCUT2D eigenvalue weighted by Crippen LogP contribution is -1.88. The molecule has 2 rings (SSSR count).